The molecular formula is C14H22N2O. The molecule has 2 N–H and O–H groups in total. The number of likely N-dealkylation sites (N-methyl/N-ethyl adjacent to an activating group) is 1. The van der Waals surface area contributed by atoms with Crippen LogP contribution in [0.3, 0.4) is 0 Å². The molecule has 0 aromatic heterocycles. The van der Waals surface area contributed by atoms with Crippen LogP contribution in [0.25, 0.3) is 0 Å². The molecule has 1 heterocycles. The normalized spacial score (nSPS) is 27.2. The maximum atomic E-state index is 9.50. The third-order valence-electron chi connectivity index (χ3n) is 3.71. The van der Waals surface area contributed by atoms with E-state index in [2.05, 4.69) is 36.3 Å². The van der Waals surface area contributed by atoms with Crippen LogP contribution in [0.1, 0.15) is 24.9 Å². The molecule has 1 aliphatic rings. The van der Waals surface area contributed by atoms with E-state index in [0.717, 1.165) is 18.5 Å². The number of aliphatic hydroxyl groups is 1. The molecule has 3 heteroatoms. The highest BCUT2D eigenvalue weighted by molar-refractivity contribution is 5.19. The van der Waals surface area contributed by atoms with Gasteiger partial charge in [0.15, 0.2) is 0 Å². The Morgan fingerprint density at radius 2 is 2.12 bits per heavy atom. The van der Waals surface area contributed by atoms with Gasteiger partial charge < -0.3 is 15.3 Å². The Balaban J connectivity index is 1.97. The van der Waals surface area contributed by atoms with Crippen LogP contribution in [-0.4, -0.2) is 42.3 Å². The van der Waals surface area contributed by atoms with Crippen LogP contribution >= 0.6 is 0 Å². The molecule has 1 fully saturated rings. The van der Waals surface area contributed by atoms with Crippen molar-refractivity contribution in [1.29, 1.82) is 0 Å². The van der Waals surface area contributed by atoms with Gasteiger partial charge in [-0.1, -0.05) is 30.3 Å². The van der Waals surface area contributed by atoms with Gasteiger partial charge in [-0.05, 0) is 26.0 Å². The van der Waals surface area contributed by atoms with Gasteiger partial charge in [0, 0.05) is 18.6 Å². The molecule has 3 atom stereocenters. The van der Waals surface area contributed by atoms with E-state index in [4.69, 9.17) is 0 Å². The van der Waals surface area contributed by atoms with Crippen molar-refractivity contribution in [3.8, 4) is 0 Å². The molecule has 0 radical (unpaired) electrons. The fourth-order valence-corrected chi connectivity index (χ4v) is 2.54. The number of likely N-dealkylation sites (tertiary alicyclic amines) is 1. The molecular weight excluding hydrogens is 212 g/mol. The van der Waals surface area contributed by atoms with E-state index in [1.807, 2.05) is 18.2 Å². The second kappa shape index (κ2) is 5.63. The van der Waals surface area contributed by atoms with E-state index < -0.39 is 0 Å². The zero-order chi connectivity index (χ0) is 12.3. The lowest BCUT2D eigenvalue weighted by atomic mass is 10.1. The average molecular weight is 234 g/mol. The number of nitrogens with zero attached hydrogens (tertiary/aromatic N) is 1. The summed E-state index contributed by atoms with van der Waals surface area (Å²) in [6.07, 6.45) is 1.15. The van der Waals surface area contributed by atoms with E-state index in [1.165, 1.54) is 0 Å². The zero-order valence-electron chi connectivity index (χ0n) is 10.6. The van der Waals surface area contributed by atoms with Gasteiger partial charge >= 0.3 is 0 Å². The van der Waals surface area contributed by atoms with Crippen LogP contribution in [0.4, 0.5) is 0 Å². The summed E-state index contributed by atoms with van der Waals surface area (Å²) in [5.74, 6) is 0. The van der Waals surface area contributed by atoms with Crippen molar-refractivity contribution in [3.63, 3.8) is 0 Å². The molecule has 2 rings (SSSR count). The summed E-state index contributed by atoms with van der Waals surface area (Å²) in [5.41, 5.74) is 1.16. The lowest BCUT2D eigenvalue weighted by Crippen LogP contribution is -2.36. The van der Waals surface area contributed by atoms with Crippen molar-refractivity contribution in [3.05, 3.63) is 35.9 Å². The first-order valence-electron chi connectivity index (χ1n) is 6.32. The minimum absolute atomic E-state index is 0.0555. The van der Waals surface area contributed by atoms with Crippen LogP contribution in [0.2, 0.25) is 0 Å². The second-order valence-electron chi connectivity index (χ2n) is 5.03. The van der Waals surface area contributed by atoms with Crippen molar-refractivity contribution in [1.82, 2.24) is 10.2 Å². The number of hydrogen-bond acceptors (Lipinski definition) is 3. The summed E-state index contributed by atoms with van der Waals surface area (Å²) in [6.45, 7) is 3.46. The summed E-state index contributed by atoms with van der Waals surface area (Å²) in [6, 6.07) is 11.3. The maximum Gasteiger partial charge on any atom is 0.0626 e. The topological polar surface area (TPSA) is 35.5 Å². The number of benzene rings is 1. The zero-order valence-corrected chi connectivity index (χ0v) is 10.6. The number of nitrogens with one attached hydrogen (secondary N) is 1. The Labute approximate surface area is 103 Å². The van der Waals surface area contributed by atoms with Crippen molar-refractivity contribution in [2.45, 2.75) is 31.5 Å². The summed E-state index contributed by atoms with van der Waals surface area (Å²) in [7, 11) is 2.16. The minimum Gasteiger partial charge on any atom is -0.394 e. The van der Waals surface area contributed by atoms with E-state index in [9.17, 15) is 5.11 Å². The summed E-state index contributed by atoms with van der Waals surface area (Å²) in [5, 5.41) is 13.0. The molecule has 1 aromatic carbocycles. The maximum absolute atomic E-state index is 9.50. The molecule has 0 aliphatic carbocycles. The Bertz CT molecular complexity index is 331. The first-order chi connectivity index (χ1) is 8.20. The summed E-state index contributed by atoms with van der Waals surface area (Å²) >= 11 is 0. The third-order valence-corrected chi connectivity index (χ3v) is 3.71. The third kappa shape index (κ3) is 3.06. The van der Waals surface area contributed by atoms with E-state index in [0.29, 0.717) is 12.1 Å². The van der Waals surface area contributed by atoms with Gasteiger partial charge in [0.25, 0.3) is 0 Å². The first-order valence-corrected chi connectivity index (χ1v) is 6.32. The molecule has 0 amide bonds. The standard InChI is InChI=1S/C14H22N2O/c1-11-8-13(9-16(11)2)15-14(10-17)12-6-4-3-5-7-12/h3-7,11,13-15,17H,8-10H2,1-2H3. The van der Waals surface area contributed by atoms with E-state index in [1.54, 1.807) is 0 Å². The molecule has 17 heavy (non-hydrogen) atoms. The summed E-state index contributed by atoms with van der Waals surface area (Å²) in [4.78, 5) is 2.36. The molecule has 1 saturated heterocycles. The van der Waals surface area contributed by atoms with Crippen molar-refractivity contribution in [2.24, 2.45) is 0 Å². The highest BCUT2D eigenvalue weighted by Crippen LogP contribution is 2.19. The van der Waals surface area contributed by atoms with Crippen LogP contribution in [0.15, 0.2) is 30.3 Å². The molecule has 1 aromatic rings. The fourth-order valence-electron chi connectivity index (χ4n) is 2.54. The SMILES string of the molecule is CC1CC(NC(CO)c2ccccc2)CN1C. The van der Waals surface area contributed by atoms with Gasteiger partial charge in [-0.25, -0.2) is 0 Å². The minimum atomic E-state index is 0.0555. The summed E-state index contributed by atoms with van der Waals surface area (Å²) < 4.78 is 0. The van der Waals surface area contributed by atoms with Gasteiger partial charge in [-0.3, -0.25) is 0 Å². The highest BCUT2D eigenvalue weighted by Gasteiger charge is 2.27. The van der Waals surface area contributed by atoms with Crippen LogP contribution in [0, 0.1) is 0 Å². The first kappa shape index (κ1) is 12.6. The average Bonchev–Trinajstić information content (AvgIpc) is 2.67. The monoisotopic (exact) mass is 234 g/mol. The molecule has 0 spiro atoms. The smallest absolute Gasteiger partial charge is 0.0626 e. The number of rotatable bonds is 4. The van der Waals surface area contributed by atoms with E-state index >= 15 is 0 Å². The van der Waals surface area contributed by atoms with Crippen molar-refractivity contribution >= 4 is 0 Å². The van der Waals surface area contributed by atoms with Gasteiger partial charge in [-0.2, -0.15) is 0 Å². The lowest BCUT2D eigenvalue weighted by Gasteiger charge is -2.21. The molecule has 94 valence electrons. The van der Waals surface area contributed by atoms with Crippen LogP contribution < -0.4 is 5.32 Å². The van der Waals surface area contributed by atoms with Gasteiger partial charge in [0.2, 0.25) is 0 Å². The van der Waals surface area contributed by atoms with Gasteiger partial charge in [0.1, 0.15) is 0 Å². The highest BCUT2D eigenvalue weighted by atomic mass is 16.3. The quantitative estimate of drug-likeness (QED) is 0.826. The molecule has 3 unspecified atom stereocenters. The number of hydrogen-bond donors (Lipinski definition) is 2. The largest absolute Gasteiger partial charge is 0.394 e. The van der Waals surface area contributed by atoms with E-state index in [-0.39, 0.29) is 12.6 Å². The van der Waals surface area contributed by atoms with Crippen LogP contribution in [0.5, 0.6) is 0 Å². The Morgan fingerprint density at radius 1 is 1.41 bits per heavy atom. The molecule has 3 nitrogen and oxygen atoms in total. The lowest BCUT2D eigenvalue weighted by molar-refractivity contribution is 0.232. The van der Waals surface area contributed by atoms with Gasteiger partial charge in [0.05, 0.1) is 12.6 Å². The number of aliphatic hydroxyl groups excluding tert-OH is 1. The predicted octanol–water partition coefficient (Wildman–Crippen LogP) is 1.40. The molecule has 0 saturated carbocycles. The second-order valence-corrected chi connectivity index (χ2v) is 5.03. The van der Waals surface area contributed by atoms with Crippen molar-refractivity contribution < 1.29 is 5.11 Å². The fraction of sp³-hybridized carbons (Fsp3) is 0.571. The Hall–Kier alpha value is -0.900. The van der Waals surface area contributed by atoms with Crippen molar-refractivity contribution in [2.75, 3.05) is 20.2 Å². The molecule has 1 aliphatic heterocycles. The Kier molecular flexibility index (Phi) is 4.15. The van der Waals surface area contributed by atoms with Gasteiger partial charge in [-0.15, -0.1) is 0 Å². The molecule has 0 bridgehead atoms. The predicted molar refractivity (Wildman–Crippen MR) is 69.9 cm³/mol. The Morgan fingerprint density at radius 3 is 2.65 bits per heavy atom. The van der Waals surface area contributed by atoms with Crippen LogP contribution in [-0.2, 0) is 0 Å².